The minimum absolute atomic E-state index is 0.0634. The highest BCUT2D eigenvalue weighted by atomic mass is 16.6. The first kappa shape index (κ1) is 25.5. The van der Waals surface area contributed by atoms with Gasteiger partial charge in [0.1, 0.15) is 23.9 Å². The molecule has 0 saturated carbocycles. The van der Waals surface area contributed by atoms with E-state index in [1.165, 1.54) is 0 Å². The molecule has 8 heteroatoms. The summed E-state index contributed by atoms with van der Waals surface area (Å²) in [5, 5.41) is 9.26. The van der Waals surface area contributed by atoms with Crippen LogP contribution in [0.15, 0.2) is 48.5 Å². The minimum atomic E-state index is -0.776. The van der Waals surface area contributed by atoms with Gasteiger partial charge in [-0.3, -0.25) is 4.79 Å². The van der Waals surface area contributed by atoms with Gasteiger partial charge in [0.2, 0.25) is 5.91 Å². The molecule has 36 heavy (non-hydrogen) atoms. The van der Waals surface area contributed by atoms with Gasteiger partial charge in [0, 0.05) is 32.5 Å². The number of carbonyl (C=O) groups excluding carboxylic acids is 2. The summed E-state index contributed by atoms with van der Waals surface area (Å²) in [6.45, 7) is 5.54. The molecule has 2 aliphatic heterocycles. The maximum Gasteiger partial charge on any atom is 0.410 e. The third kappa shape index (κ3) is 5.97. The van der Waals surface area contributed by atoms with E-state index in [4.69, 9.17) is 15.2 Å². The van der Waals surface area contributed by atoms with Crippen LogP contribution in [0.1, 0.15) is 51.1 Å². The largest absolute Gasteiger partial charge is 0.490 e. The Labute approximate surface area is 212 Å². The molecular weight excluding hydrogens is 456 g/mol. The van der Waals surface area contributed by atoms with E-state index >= 15 is 0 Å². The number of hydrogen-bond acceptors (Lipinski definition) is 6. The molecule has 2 N–H and O–H groups in total. The van der Waals surface area contributed by atoms with Crippen LogP contribution in [-0.2, 0) is 9.53 Å². The predicted molar refractivity (Wildman–Crippen MR) is 136 cm³/mol. The van der Waals surface area contributed by atoms with Crippen molar-refractivity contribution in [2.75, 3.05) is 19.6 Å². The minimum Gasteiger partial charge on any atom is -0.490 e. The molecular formula is C28H34N4O4. The maximum atomic E-state index is 12.8. The highest BCUT2D eigenvalue weighted by Gasteiger charge is 2.32. The molecule has 2 aromatic carbocycles. The van der Waals surface area contributed by atoms with E-state index in [9.17, 15) is 14.9 Å². The van der Waals surface area contributed by atoms with Crippen LogP contribution in [0.25, 0.3) is 11.1 Å². The third-order valence-electron chi connectivity index (χ3n) is 6.75. The van der Waals surface area contributed by atoms with Gasteiger partial charge in [-0.05, 0) is 55.5 Å². The summed E-state index contributed by atoms with van der Waals surface area (Å²) in [5.41, 5.74) is 9.01. The molecule has 190 valence electrons. The van der Waals surface area contributed by atoms with E-state index in [2.05, 4.69) is 6.07 Å². The monoisotopic (exact) mass is 490 g/mol. The zero-order valence-electron chi connectivity index (χ0n) is 20.9. The molecule has 0 spiro atoms. The number of nitriles is 1. The van der Waals surface area contributed by atoms with E-state index in [-0.39, 0.29) is 30.3 Å². The summed E-state index contributed by atoms with van der Waals surface area (Å²) in [6.07, 6.45) is 2.76. The van der Waals surface area contributed by atoms with Gasteiger partial charge >= 0.3 is 6.09 Å². The molecule has 0 aliphatic carbocycles. The summed E-state index contributed by atoms with van der Waals surface area (Å²) in [5.74, 6) is 0.597. The quantitative estimate of drug-likeness (QED) is 0.648. The smallest absolute Gasteiger partial charge is 0.410 e. The summed E-state index contributed by atoms with van der Waals surface area (Å²) in [6, 6.07) is 16.6. The molecule has 2 heterocycles. The van der Waals surface area contributed by atoms with Crippen LogP contribution in [-0.4, -0.2) is 59.7 Å². The van der Waals surface area contributed by atoms with E-state index in [1.807, 2.05) is 62.4 Å². The number of likely N-dealkylation sites (tertiary alicyclic amines) is 2. The lowest BCUT2D eigenvalue weighted by Gasteiger charge is -2.32. The molecule has 2 atom stereocenters. The highest BCUT2D eigenvalue weighted by molar-refractivity contribution is 5.84. The summed E-state index contributed by atoms with van der Waals surface area (Å²) in [7, 11) is 0. The number of piperidine rings is 1. The number of nitrogens with zero attached hydrogens (tertiary/aromatic N) is 3. The molecule has 4 rings (SSSR count). The fourth-order valence-electron chi connectivity index (χ4n) is 4.72. The topological polar surface area (TPSA) is 109 Å². The van der Waals surface area contributed by atoms with Crippen molar-refractivity contribution in [3.63, 3.8) is 0 Å². The second-order valence-electron chi connectivity index (χ2n) is 9.68. The summed E-state index contributed by atoms with van der Waals surface area (Å²) in [4.78, 5) is 28.2. The Morgan fingerprint density at radius 2 is 1.58 bits per heavy atom. The average molecular weight is 491 g/mol. The molecule has 0 aromatic heterocycles. The lowest BCUT2D eigenvalue weighted by Crippen LogP contribution is -2.42. The molecule has 2 fully saturated rings. The lowest BCUT2D eigenvalue weighted by atomic mass is 10.00. The Morgan fingerprint density at radius 1 is 0.972 bits per heavy atom. The predicted octanol–water partition coefficient (Wildman–Crippen LogP) is 4.26. The fraction of sp³-hybridized carbons (Fsp3) is 0.464. The Balaban J connectivity index is 1.31. The van der Waals surface area contributed by atoms with E-state index in [0.29, 0.717) is 26.1 Å². The summed E-state index contributed by atoms with van der Waals surface area (Å²) < 4.78 is 11.4. The first-order valence-corrected chi connectivity index (χ1v) is 12.6. The van der Waals surface area contributed by atoms with E-state index in [1.54, 1.807) is 9.80 Å². The Bertz CT molecular complexity index is 1090. The SMILES string of the molecule is CC(C)OC(=O)N1CCC(Oc2ccc(-c3ccc(C(N)C(=O)N4CCCC4C#N)cc3)cc2)CC1. The van der Waals surface area contributed by atoms with Crippen LogP contribution in [0.4, 0.5) is 4.79 Å². The van der Waals surface area contributed by atoms with Crippen molar-refractivity contribution in [3.8, 4) is 22.9 Å². The Morgan fingerprint density at radius 3 is 2.17 bits per heavy atom. The van der Waals surface area contributed by atoms with Gasteiger partial charge in [0.05, 0.1) is 12.2 Å². The second-order valence-corrected chi connectivity index (χ2v) is 9.68. The number of hydrogen-bond donors (Lipinski definition) is 1. The van der Waals surface area contributed by atoms with Crippen molar-refractivity contribution in [2.24, 2.45) is 5.73 Å². The second kappa shape index (κ2) is 11.4. The Hall–Kier alpha value is -3.57. The molecule has 0 bridgehead atoms. The zero-order valence-corrected chi connectivity index (χ0v) is 20.9. The molecule has 0 radical (unpaired) electrons. The lowest BCUT2D eigenvalue weighted by molar-refractivity contribution is -0.132. The number of carbonyl (C=O) groups is 2. The standard InChI is InChI=1S/C28H34N4O4/c1-19(2)35-28(34)31-16-13-25(14-17-31)36-24-11-9-21(10-12-24)20-5-7-22(8-6-20)26(30)27(33)32-15-3-4-23(32)18-29/h5-12,19,23,25-26H,3-4,13-17,30H2,1-2H3. The first-order valence-electron chi connectivity index (χ1n) is 12.6. The Kier molecular flexibility index (Phi) is 8.11. The van der Waals surface area contributed by atoms with Crippen LogP contribution in [0, 0.1) is 11.3 Å². The number of nitrogens with two attached hydrogens (primary N) is 1. The molecule has 2 aromatic rings. The third-order valence-corrected chi connectivity index (χ3v) is 6.75. The molecule has 2 aliphatic rings. The number of ether oxygens (including phenoxy) is 2. The van der Waals surface area contributed by atoms with Gasteiger partial charge in [0.25, 0.3) is 0 Å². The maximum absolute atomic E-state index is 12.8. The van der Waals surface area contributed by atoms with Gasteiger partial charge in [-0.1, -0.05) is 36.4 Å². The van der Waals surface area contributed by atoms with Crippen molar-refractivity contribution in [1.82, 2.24) is 9.80 Å². The molecule has 2 saturated heterocycles. The van der Waals surface area contributed by atoms with Crippen molar-refractivity contribution in [2.45, 2.75) is 63.8 Å². The van der Waals surface area contributed by atoms with Crippen molar-refractivity contribution >= 4 is 12.0 Å². The normalized spacial score (nSPS) is 19.1. The first-order chi connectivity index (χ1) is 17.4. The van der Waals surface area contributed by atoms with Crippen molar-refractivity contribution < 1.29 is 19.1 Å². The van der Waals surface area contributed by atoms with Crippen LogP contribution < -0.4 is 10.5 Å². The van der Waals surface area contributed by atoms with Gasteiger partial charge in [0.15, 0.2) is 0 Å². The number of rotatable bonds is 6. The van der Waals surface area contributed by atoms with Gasteiger partial charge < -0.3 is 25.0 Å². The van der Waals surface area contributed by atoms with E-state index in [0.717, 1.165) is 41.7 Å². The number of amides is 2. The van der Waals surface area contributed by atoms with Gasteiger partial charge in [-0.2, -0.15) is 5.26 Å². The van der Waals surface area contributed by atoms with Crippen LogP contribution in [0.2, 0.25) is 0 Å². The van der Waals surface area contributed by atoms with Crippen LogP contribution in [0.5, 0.6) is 5.75 Å². The van der Waals surface area contributed by atoms with Gasteiger partial charge in [-0.15, -0.1) is 0 Å². The van der Waals surface area contributed by atoms with Crippen molar-refractivity contribution in [3.05, 3.63) is 54.1 Å². The van der Waals surface area contributed by atoms with Crippen LogP contribution in [0.3, 0.4) is 0 Å². The van der Waals surface area contributed by atoms with E-state index < -0.39 is 6.04 Å². The summed E-state index contributed by atoms with van der Waals surface area (Å²) >= 11 is 0. The molecule has 2 unspecified atom stereocenters. The van der Waals surface area contributed by atoms with Gasteiger partial charge in [-0.25, -0.2) is 4.79 Å². The average Bonchev–Trinajstić information content (AvgIpc) is 3.37. The highest BCUT2D eigenvalue weighted by Crippen LogP contribution is 2.27. The molecule has 8 nitrogen and oxygen atoms in total. The molecule has 2 amide bonds. The van der Waals surface area contributed by atoms with Crippen LogP contribution >= 0.6 is 0 Å². The number of benzene rings is 2. The zero-order chi connectivity index (χ0) is 25.7. The van der Waals surface area contributed by atoms with Crippen molar-refractivity contribution in [1.29, 1.82) is 5.26 Å². The fourth-order valence-corrected chi connectivity index (χ4v) is 4.72.